The number of aliphatic hydroxyl groups is 1. The number of anilines is 1. The van der Waals surface area contributed by atoms with Crippen molar-refractivity contribution in [1.82, 2.24) is 0 Å². The van der Waals surface area contributed by atoms with Gasteiger partial charge in [0.05, 0.1) is 18.8 Å². The summed E-state index contributed by atoms with van der Waals surface area (Å²) in [6.45, 7) is -0.126. The number of ether oxygens (including phenoxy) is 1. The number of benzene rings is 1. The molecule has 0 unspecified atom stereocenters. The molecule has 0 spiro atoms. The lowest BCUT2D eigenvalue weighted by atomic mass is 10.1. The number of carbonyl (C=O) groups excluding carboxylic acids is 1. The van der Waals surface area contributed by atoms with Crippen LogP contribution in [0.4, 0.5) is 14.9 Å². The Kier molecular flexibility index (Phi) is 4.39. The first-order chi connectivity index (χ1) is 10.0. The highest BCUT2D eigenvalue weighted by molar-refractivity contribution is 5.95. The van der Waals surface area contributed by atoms with Gasteiger partial charge in [-0.15, -0.1) is 0 Å². The predicted molar refractivity (Wildman–Crippen MR) is 73.5 cm³/mol. The van der Waals surface area contributed by atoms with Crippen LogP contribution in [0, 0.1) is 5.82 Å². The second kappa shape index (κ2) is 6.23. The standard InChI is InChI=1S/C13H14FN3O4/c14-11-5-9(17-6-10(7-18)21-13(17)19)3-1-8(11)2-4-12(15)16-20/h1-5,10,18,20H,6-7H2,(H2,15,16)/b4-2+/t10-/m1/s1. The maximum absolute atomic E-state index is 13.9. The van der Waals surface area contributed by atoms with Crippen LogP contribution in [-0.2, 0) is 4.74 Å². The molecule has 1 saturated heterocycles. The van der Waals surface area contributed by atoms with E-state index in [4.69, 9.17) is 20.8 Å². The highest BCUT2D eigenvalue weighted by Gasteiger charge is 2.32. The van der Waals surface area contributed by atoms with Gasteiger partial charge < -0.3 is 20.8 Å². The van der Waals surface area contributed by atoms with Gasteiger partial charge in [0.25, 0.3) is 0 Å². The van der Waals surface area contributed by atoms with E-state index in [-0.39, 0.29) is 24.6 Å². The molecule has 0 aliphatic carbocycles. The van der Waals surface area contributed by atoms with Crippen molar-refractivity contribution in [2.75, 3.05) is 18.1 Å². The van der Waals surface area contributed by atoms with E-state index in [0.717, 1.165) is 0 Å². The summed E-state index contributed by atoms with van der Waals surface area (Å²) in [7, 11) is 0. The lowest BCUT2D eigenvalue weighted by Gasteiger charge is -2.13. The Labute approximate surface area is 119 Å². The van der Waals surface area contributed by atoms with Crippen LogP contribution in [0.1, 0.15) is 5.56 Å². The Hall–Kier alpha value is -2.61. The Balaban J connectivity index is 2.20. The van der Waals surface area contributed by atoms with E-state index >= 15 is 0 Å². The van der Waals surface area contributed by atoms with Gasteiger partial charge >= 0.3 is 6.09 Å². The molecular formula is C13H14FN3O4. The number of rotatable bonds is 4. The van der Waals surface area contributed by atoms with E-state index in [1.54, 1.807) is 0 Å². The zero-order valence-corrected chi connectivity index (χ0v) is 10.9. The summed E-state index contributed by atoms with van der Waals surface area (Å²) in [5.41, 5.74) is 5.79. The van der Waals surface area contributed by atoms with Gasteiger partial charge in [0, 0.05) is 5.56 Å². The van der Waals surface area contributed by atoms with Crippen LogP contribution in [0.15, 0.2) is 29.4 Å². The van der Waals surface area contributed by atoms with Crippen molar-refractivity contribution >= 4 is 23.7 Å². The quantitative estimate of drug-likeness (QED) is 0.331. The summed E-state index contributed by atoms with van der Waals surface area (Å²) in [6.07, 6.45) is 1.34. The zero-order valence-electron chi connectivity index (χ0n) is 10.9. The maximum Gasteiger partial charge on any atom is 0.414 e. The fourth-order valence-corrected chi connectivity index (χ4v) is 1.86. The number of cyclic esters (lactones) is 1. The summed E-state index contributed by atoms with van der Waals surface area (Å²) >= 11 is 0. The lowest BCUT2D eigenvalue weighted by molar-refractivity contribution is 0.0963. The summed E-state index contributed by atoms with van der Waals surface area (Å²) < 4.78 is 18.8. The van der Waals surface area contributed by atoms with E-state index in [9.17, 15) is 9.18 Å². The van der Waals surface area contributed by atoms with Gasteiger partial charge in [0.2, 0.25) is 0 Å². The number of amides is 1. The van der Waals surface area contributed by atoms with Crippen LogP contribution >= 0.6 is 0 Å². The molecule has 1 fully saturated rings. The number of hydrogen-bond donors (Lipinski definition) is 3. The summed E-state index contributed by atoms with van der Waals surface area (Å²) in [5, 5.41) is 20.1. The maximum atomic E-state index is 13.9. The minimum atomic E-state index is -0.631. The molecule has 1 aromatic rings. The molecule has 4 N–H and O–H groups in total. The highest BCUT2D eigenvalue weighted by Crippen LogP contribution is 2.24. The number of nitrogens with zero attached hydrogens (tertiary/aromatic N) is 2. The zero-order chi connectivity index (χ0) is 15.4. The molecule has 1 aromatic carbocycles. The molecule has 1 atom stereocenters. The van der Waals surface area contributed by atoms with Gasteiger partial charge in [-0.05, 0) is 30.4 Å². The molecule has 7 nitrogen and oxygen atoms in total. The van der Waals surface area contributed by atoms with Crippen LogP contribution in [0.3, 0.4) is 0 Å². The molecule has 0 radical (unpaired) electrons. The second-order valence-electron chi connectivity index (χ2n) is 4.36. The van der Waals surface area contributed by atoms with Crippen molar-refractivity contribution in [3.05, 3.63) is 35.7 Å². The van der Waals surface area contributed by atoms with Gasteiger partial charge in [0.15, 0.2) is 5.84 Å². The van der Waals surface area contributed by atoms with E-state index in [0.29, 0.717) is 5.69 Å². The molecule has 2 rings (SSSR count). The topological polar surface area (TPSA) is 108 Å². The molecular weight excluding hydrogens is 281 g/mol. The molecule has 8 heteroatoms. The van der Waals surface area contributed by atoms with Crippen molar-refractivity contribution in [2.45, 2.75) is 6.10 Å². The van der Waals surface area contributed by atoms with Crippen molar-refractivity contribution in [3.8, 4) is 0 Å². The minimum absolute atomic E-state index is 0.160. The van der Waals surface area contributed by atoms with E-state index in [1.807, 2.05) is 0 Å². The first-order valence-corrected chi connectivity index (χ1v) is 6.09. The van der Waals surface area contributed by atoms with Crippen molar-refractivity contribution in [3.63, 3.8) is 0 Å². The van der Waals surface area contributed by atoms with E-state index < -0.39 is 18.0 Å². The average molecular weight is 295 g/mol. The largest absolute Gasteiger partial charge is 0.441 e. The third-order valence-electron chi connectivity index (χ3n) is 2.92. The Bertz CT molecular complexity index is 603. The van der Waals surface area contributed by atoms with Gasteiger partial charge in [0.1, 0.15) is 11.9 Å². The predicted octanol–water partition coefficient (Wildman–Crippen LogP) is 0.903. The number of halogens is 1. The van der Waals surface area contributed by atoms with E-state index in [2.05, 4.69) is 5.16 Å². The van der Waals surface area contributed by atoms with Gasteiger partial charge in [-0.1, -0.05) is 5.16 Å². The normalized spacial score (nSPS) is 19.3. The number of aliphatic hydroxyl groups excluding tert-OH is 1. The molecule has 1 amide bonds. The Morgan fingerprint density at radius 2 is 2.38 bits per heavy atom. The molecule has 112 valence electrons. The van der Waals surface area contributed by atoms with Crippen LogP contribution < -0.4 is 10.6 Å². The van der Waals surface area contributed by atoms with Crippen LogP contribution in [0.5, 0.6) is 0 Å². The Morgan fingerprint density at radius 1 is 1.62 bits per heavy atom. The van der Waals surface area contributed by atoms with Crippen molar-refractivity contribution < 1.29 is 24.2 Å². The minimum Gasteiger partial charge on any atom is -0.441 e. The highest BCUT2D eigenvalue weighted by atomic mass is 19.1. The van der Waals surface area contributed by atoms with Crippen molar-refractivity contribution in [2.24, 2.45) is 10.9 Å². The van der Waals surface area contributed by atoms with E-state index in [1.165, 1.54) is 35.3 Å². The van der Waals surface area contributed by atoms with Gasteiger partial charge in [-0.25, -0.2) is 9.18 Å². The number of amidine groups is 1. The molecule has 0 bridgehead atoms. The fraction of sp³-hybridized carbons (Fsp3) is 0.231. The summed E-state index contributed by atoms with van der Waals surface area (Å²) in [4.78, 5) is 12.8. The summed E-state index contributed by atoms with van der Waals surface area (Å²) in [6, 6.07) is 4.16. The SMILES string of the molecule is NC(/C=C/c1ccc(N2C[C@H](CO)OC2=O)cc1F)=N\O. The molecule has 0 saturated carbocycles. The fourth-order valence-electron chi connectivity index (χ4n) is 1.86. The first-order valence-electron chi connectivity index (χ1n) is 6.09. The third-order valence-corrected chi connectivity index (χ3v) is 2.92. The second-order valence-corrected chi connectivity index (χ2v) is 4.36. The first kappa shape index (κ1) is 14.8. The smallest absolute Gasteiger partial charge is 0.414 e. The number of hydrogen-bond acceptors (Lipinski definition) is 5. The van der Waals surface area contributed by atoms with Gasteiger partial charge in [-0.3, -0.25) is 4.90 Å². The molecule has 21 heavy (non-hydrogen) atoms. The molecule has 1 heterocycles. The molecule has 1 aliphatic rings. The van der Waals surface area contributed by atoms with Crippen LogP contribution in [-0.4, -0.2) is 41.5 Å². The van der Waals surface area contributed by atoms with Gasteiger partial charge in [-0.2, -0.15) is 0 Å². The van der Waals surface area contributed by atoms with Crippen LogP contribution in [0.2, 0.25) is 0 Å². The number of oxime groups is 1. The van der Waals surface area contributed by atoms with Crippen LogP contribution in [0.25, 0.3) is 6.08 Å². The summed E-state index contributed by atoms with van der Waals surface area (Å²) in [5.74, 6) is -0.734. The number of nitrogens with two attached hydrogens (primary N) is 1. The van der Waals surface area contributed by atoms with Crippen molar-refractivity contribution in [1.29, 1.82) is 0 Å². The Morgan fingerprint density at radius 3 is 2.95 bits per heavy atom. The molecule has 1 aliphatic heterocycles. The number of carbonyl (C=O) groups is 1. The molecule has 0 aromatic heterocycles. The lowest BCUT2D eigenvalue weighted by Crippen LogP contribution is -2.25. The monoisotopic (exact) mass is 295 g/mol. The average Bonchev–Trinajstić information content (AvgIpc) is 2.86. The third kappa shape index (κ3) is 3.29.